The summed E-state index contributed by atoms with van der Waals surface area (Å²) < 4.78 is 6.68. The van der Waals surface area contributed by atoms with Crippen molar-refractivity contribution in [2.75, 3.05) is 6.61 Å². The van der Waals surface area contributed by atoms with E-state index in [4.69, 9.17) is 4.74 Å². The van der Waals surface area contributed by atoms with E-state index in [1.165, 1.54) is 11.1 Å². The van der Waals surface area contributed by atoms with Gasteiger partial charge in [-0.05, 0) is 77.2 Å². The van der Waals surface area contributed by atoms with Crippen LogP contribution in [0.15, 0.2) is 48.5 Å². The molecule has 1 N–H and O–H groups in total. The van der Waals surface area contributed by atoms with E-state index in [0.717, 1.165) is 28.6 Å². The van der Waals surface area contributed by atoms with E-state index in [-0.39, 0.29) is 18.6 Å². The predicted molar refractivity (Wildman–Crippen MR) is 94.9 cm³/mol. The molecule has 2 aromatic rings. The van der Waals surface area contributed by atoms with Gasteiger partial charge in [-0.25, -0.2) is 0 Å². The quantitative estimate of drug-likeness (QED) is 0.782. The van der Waals surface area contributed by atoms with Gasteiger partial charge < -0.3 is 10.1 Å². The first kappa shape index (κ1) is 15.3. The van der Waals surface area contributed by atoms with Crippen LogP contribution in [0.2, 0.25) is 0 Å². The van der Waals surface area contributed by atoms with Crippen LogP contribution < -0.4 is 10.1 Å². The summed E-state index contributed by atoms with van der Waals surface area (Å²) in [6.07, 6.45) is 3.20. The molecule has 1 aliphatic rings. The summed E-state index contributed by atoms with van der Waals surface area (Å²) in [5.74, 6) is 0.653. The molecule has 114 valence electrons. The first-order valence-electron chi connectivity index (χ1n) is 7.48. The third kappa shape index (κ3) is 3.80. The molecule has 1 amide bonds. The molecule has 1 unspecified atom stereocenters. The number of fused-ring (bicyclic) bond motifs is 1. The van der Waals surface area contributed by atoms with Gasteiger partial charge in [-0.3, -0.25) is 4.79 Å². The molecule has 0 saturated heterocycles. The predicted octanol–water partition coefficient (Wildman–Crippen LogP) is 3.86. The molecule has 1 atom stereocenters. The van der Waals surface area contributed by atoms with Gasteiger partial charge in [-0.2, -0.15) is 0 Å². The van der Waals surface area contributed by atoms with Crippen molar-refractivity contribution in [2.24, 2.45) is 0 Å². The minimum absolute atomic E-state index is 0.0548. The Kier molecular flexibility index (Phi) is 4.97. The number of halogens is 1. The van der Waals surface area contributed by atoms with Crippen LogP contribution in [0.1, 0.15) is 30.0 Å². The Morgan fingerprint density at radius 1 is 1.18 bits per heavy atom. The Morgan fingerprint density at radius 2 is 1.95 bits per heavy atom. The van der Waals surface area contributed by atoms with Crippen LogP contribution in [-0.4, -0.2) is 12.5 Å². The fourth-order valence-electron chi connectivity index (χ4n) is 2.82. The summed E-state index contributed by atoms with van der Waals surface area (Å²) in [7, 11) is 0. The molecule has 0 saturated carbocycles. The van der Waals surface area contributed by atoms with Crippen molar-refractivity contribution in [3.63, 3.8) is 0 Å². The zero-order chi connectivity index (χ0) is 15.4. The zero-order valence-electron chi connectivity index (χ0n) is 12.2. The van der Waals surface area contributed by atoms with E-state index < -0.39 is 0 Å². The minimum Gasteiger partial charge on any atom is -0.484 e. The van der Waals surface area contributed by atoms with Gasteiger partial charge in [0, 0.05) is 3.57 Å². The molecule has 0 aliphatic heterocycles. The molecule has 0 fully saturated rings. The highest BCUT2D eigenvalue weighted by atomic mass is 127. The van der Waals surface area contributed by atoms with Crippen molar-refractivity contribution < 1.29 is 9.53 Å². The second-order valence-electron chi connectivity index (χ2n) is 5.45. The first-order chi connectivity index (χ1) is 10.7. The Bertz CT molecular complexity index is 654. The maximum Gasteiger partial charge on any atom is 0.258 e. The number of hydrogen-bond acceptors (Lipinski definition) is 2. The van der Waals surface area contributed by atoms with Gasteiger partial charge in [-0.1, -0.05) is 24.3 Å². The Hall–Kier alpha value is -1.56. The fraction of sp³-hybridized carbons (Fsp3) is 0.278. The maximum atomic E-state index is 12.1. The fourth-order valence-corrected chi connectivity index (χ4v) is 3.18. The van der Waals surface area contributed by atoms with Gasteiger partial charge in [-0.15, -0.1) is 0 Å². The number of rotatable bonds is 4. The molecule has 0 spiro atoms. The molecular formula is C18H18INO2. The number of carbonyl (C=O) groups excluding carboxylic acids is 1. The second kappa shape index (κ2) is 7.13. The summed E-state index contributed by atoms with van der Waals surface area (Å²) in [5.41, 5.74) is 2.59. The molecule has 0 heterocycles. The van der Waals surface area contributed by atoms with E-state index in [1.54, 1.807) is 0 Å². The summed E-state index contributed by atoms with van der Waals surface area (Å²) >= 11 is 2.24. The highest BCUT2D eigenvalue weighted by molar-refractivity contribution is 14.1. The van der Waals surface area contributed by atoms with Crippen LogP contribution in [0.4, 0.5) is 0 Å². The topological polar surface area (TPSA) is 38.3 Å². The molecule has 2 aromatic carbocycles. The van der Waals surface area contributed by atoms with Crippen molar-refractivity contribution in [3.05, 3.63) is 63.2 Å². The highest BCUT2D eigenvalue weighted by Crippen LogP contribution is 2.29. The minimum atomic E-state index is -0.0692. The molecule has 3 rings (SSSR count). The summed E-state index contributed by atoms with van der Waals surface area (Å²) in [5, 5.41) is 3.09. The van der Waals surface area contributed by atoms with E-state index in [0.29, 0.717) is 0 Å². The number of benzene rings is 2. The van der Waals surface area contributed by atoms with E-state index in [1.807, 2.05) is 30.3 Å². The van der Waals surface area contributed by atoms with Crippen LogP contribution in [0, 0.1) is 3.57 Å². The van der Waals surface area contributed by atoms with Crippen LogP contribution in [-0.2, 0) is 11.2 Å². The lowest BCUT2D eigenvalue weighted by atomic mass is 9.88. The van der Waals surface area contributed by atoms with Crippen LogP contribution in [0.5, 0.6) is 5.75 Å². The number of nitrogens with one attached hydrogen (secondary N) is 1. The van der Waals surface area contributed by atoms with Crippen molar-refractivity contribution >= 4 is 28.5 Å². The van der Waals surface area contributed by atoms with Gasteiger partial charge >= 0.3 is 0 Å². The number of aryl methyl sites for hydroxylation is 1. The largest absolute Gasteiger partial charge is 0.484 e. The Balaban J connectivity index is 1.57. The van der Waals surface area contributed by atoms with Crippen molar-refractivity contribution in [1.29, 1.82) is 0 Å². The third-order valence-corrected chi connectivity index (χ3v) is 4.61. The highest BCUT2D eigenvalue weighted by Gasteiger charge is 2.21. The van der Waals surface area contributed by atoms with Crippen LogP contribution in [0.3, 0.4) is 0 Å². The lowest BCUT2D eigenvalue weighted by molar-refractivity contribution is -0.123. The van der Waals surface area contributed by atoms with Crippen molar-refractivity contribution in [2.45, 2.75) is 25.3 Å². The summed E-state index contributed by atoms with van der Waals surface area (Å²) in [4.78, 5) is 12.1. The van der Waals surface area contributed by atoms with E-state index in [2.05, 4.69) is 46.1 Å². The zero-order valence-corrected chi connectivity index (χ0v) is 14.4. The summed E-state index contributed by atoms with van der Waals surface area (Å²) in [6, 6.07) is 16.1. The smallest absolute Gasteiger partial charge is 0.258 e. The molecule has 0 radical (unpaired) electrons. The normalized spacial score (nSPS) is 16.7. The van der Waals surface area contributed by atoms with Crippen LogP contribution in [0.25, 0.3) is 0 Å². The van der Waals surface area contributed by atoms with Gasteiger partial charge in [0.1, 0.15) is 5.75 Å². The number of ether oxygens (including phenoxy) is 1. The molecule has 0 bridgehead atoms. The first-order valence-corrected chi connectivity index (χ1v) is 8.56. The average Bonchev–Trinajstić information content (AvgIpc) is 2.55. The van der Waals surface area contributed by atoms with Gasteiger partial charge in [0.15, 0.2) is 6.61 Å². The monoisotopic (exact) mass is 407 g/mol. The van der Waals surface area contributed by atoms with E-state index >= 15 is 0 Å². The average molecular weight is 407 g/mol. The lowest BCUT2D eigenvalue weighted by Gasteiger charge is -2.26. The van der Waals surface area contributed by atoms with Crippen molar-refractivity contribution in [1.82, 2.24) is 5.32 Å². The van der Waals surface area contributed by atoms with Gasteiger partial charge in [0.05, 0.1) is 6.04 Å². The molecule has 22 heavy (non-hydrogen) atoms. The van der Waals surface area contributed by atoms with Crippen LogP contribution >= 0.6 is 22.6 Å². The summed E-state index contributed by atoms with van der Waals surface area (Å²) in [6.45, 7) is 0.0548. The molecule has 4 heteroatoms. The number of amides is 1. The second-order valence-corrected chi connectivity index (χ2v) is 6.70. The standard InChI is InChI=1S/C18H18INO2/c19-14-8-10-15(11-9-14)22-12-18(21)20-17-7-3-5-13-4-1-2-6-16(13)17/h1-2,4,6,8-11,17H,3,5,7,12H2,(H,20,21). The van der Waals surface area contributed by atoms with Gasteiger partial charge in [0.25, 0.3) is 5.91 Å². The van der Waals surface area contributed by atoms with Crippen molar-refractivity contribution in [3.8, 4) is 5.75 Å². The maximum absolute atomic E-state index is 12.1. The lowest BCUT2D eigenvalue weighted by Crippen LogP contribution is -2.34. The number of hydrogen-bond donors (Lipinski definition) is 1. The third-order valence-electron chi connectivity index (χ3n) is 3.89. The molecule has 1 aliphatic carbocycles. The van der Waals surface area contributed by atoms with Gasteiger partial charge in [0.2, 0.25) is 0 Å². The molecule has 3 nitrogen and oxygen atoms in total. The Labute approximate surface area is 144 Å². The Morgan fingerprint density at radius 3 is 2.77 bits per heavy atom. The number of carbonyl (C=O) groups is 1. The molecular weight excluding hydrogens is 389 g/mol. The SMILES string of the molecule is O=C(COc1ccc(I)cc1)NC1CCCc2ccccc21. The molecule has 0 aromatic heterocycles. The van der Waals surface area contributed by atoms with E-state index in [9.17, 15) is 4.79 Å².